The van der Waals surface area contributed by atoms with Gasteiger partial charge in [-0.15, -0.1) is 0 Å². The molecule has 2 bridgehead atoms. The summed E-state index contributed by atoms with van der Waals surface area (Å²) in [5, 5.41) is 9.96. The summed E-state index contributed by atoms with van der Waals surface area (Å²) in [5.74, 6) is 0.525. The van der Waals surface area contributed by atoms with Gasteiger partial charge in [0.15, 0.2) is 0 Å². The van der Waals surface area contributed by atoms with Gasteiger partial charge in [0.1, 0.15) is 0 Å². The van der Waals surface area contributed by atoms with Crippen LogP contribution in [0.5, 0.6) is 0 Å². The number of nitrogens with two attached hydrogens (primary N) is 1. The van der Waals surface area contributed by atoms with E-state index in [0.717, 1.165) is 6.42 Å². The molecular formula is C10H19NO. The summed E-state index contributed by atoms with van der Waals surface area (Å²) in [5.41, 5.74) is 6.27. The molecule has 12 heavy (non-hydrogen) atoms. The van der Waals surface area contributed by atoms with Gasteiger partial charge in [0.25, 0.3) is 0 Å². The minimum Gasteiger partial charge on any atom is -0.391 e. The van der Waals surface area contributed by atoms with E-state index in [0.29, 0.717) is 5.92 Å². The highest BCUT2D eigenvalue weighted by molar-refractivity contribution is 5.16. The summed E-state index contributed by atoms with van der Waals surface area (Å²) in [6.07, 6.45) is 2.05. The zero-order chi connectivity index (χ0) is 9.15. The average Bonchev–Trinajstić information content (AvgIpc) is 2.26. The molecule has 2 aliphatic rings. The minimum atomic E-state index is -0.286. The van der Waals surface area contributed by atoms with Crippen molar-refractivity contribution in [3.63, 3.8) is 0 Å². The molecule has 3 unspecified atom stereocenters. The molecule has 0 heterocycles. The van der Waals surface area contributed by atoms with Crippen LogP contribution in [0.4, 0.5) is 0 Å². The van der Waals surface area contributed by atoms with Crippen molar-refractivity contribution in [1.82, 2.24) is 0 Å². The fraction of sp³-hybridized carbons (Fsp3) is 1.00. The van der Waals surface area contributed by atoms with Gasteiger partial charge in [-0.2, -0.15) is 0 Å². The highest BCUT2D eigenvalue weighted by Gasteiger charge is 2.64. The lowest BCUT2D eigenvalue weighted by Gasteiger charge is -2.36. The highest BCUT2D eigenvalue weighted by Crippen LogP contribution is 2.64. The summed E-state index contributed by atoms with van der Waals surface area (Å²) in [7, 11) is 0. The molecule has 2 saturated carbocycles. The van der Waals surface area contributed by atoms with Crippen LogP contribution in [-0.4, -0.2) is 17.3 Å². The minimum absolute atomic E-state index is 0.0127. The second-order valence-corrected chi connectivity index (χ2v) is 5.31. The van der Waals surface area contributed by atoms with Crippen LogP contribution in [-0.2, 0) is 0 Å². The Labute approximate surface area is 74.1 Å². The van der Waals surface area contributed by atoms with Crippen LogP contribution < -0.4 is 5.73 Å². The van der Waals surface area contributed by atoms with E-state index < -0.39 is 0 Å². The first kappa shape index (κ1) is 8.52. The Hall–Kier alpha value is -0.0800. The second-order valence-electron chi connectivity index (χ2n) is 5.31. The van der Waals surface area contributed by atoms with Crippen molar-refractivity contribution in [3.05, 3.63) is 0 Å². The molecule has 3 N–H and O–H groups in total. The Kier molecular flexibility index (Phi) is 1.45. The normalized spacial score (nSPS) is 56.2. The number of fused-ring (bicyclic) bond motifs is 2. The third-order valence-electron chi connectivity index (χ3n) is 4.86. The molecule has 0 aromatic heterocycles. The molecule has 0 aromatic carbocycles. The molecule has 2 rings (SSSR count). The summed E-state index contributed by atoms with van der Waals surface area (Å²) >= 11 is 0. The van der Waals surface area contributed by atoms with E-state index in [-0.39, 0.29) is 23.0 Å². The van der Waals surface area contributed by atoms with Crippen molar-refractivity contribution in [2.45, 2.75) is 45.8 Å². The van der Waals surface area contributed by atoms with Crippen LogP contribution in [0.3, 0.4) is 0 Å². The van der Waals surface area contributed by atoms with E-state index in [9.17, 15) is 5.11 Å². The van der Waals surface area contributed by atoms with Gasteiger partial charge in [0.2, 0.25) is 0 Å². The quantitative estimate of drug-likeness (QED) is 0.571. The lowest BCUT2D eigenvalue weighted by atomic mass is 9.70. The molecule has 0 aliphatic heterocycles. The smallest absolute Gasteiger partial charge is 0.0752 e. The van der Waals surface area contributed by atoms with Crippen LogP contribution in [0, 0.1) is 16.7 Å². The Balaban J connectivity index is 2.44. The van der Waals surface area contributed by atoms with Crippen LogP contribution >= 0.6 is 0 Å². The molecule has 2 aliphatic carbocycles. The van der Waals surface area contributed by atoms with Crippen LogP contribution in [0.25, 0.3) is 0 Å². The van der Waals surface area contributed by atoms with Gasteiger partial charge in [0.05, 0.1) is 6.10 Å². The average molecular weight is 169 g/mol. The van der Waals surface area contributed by atoms with Gasteiger partial charge >= 0.3 is 0 Å². The number of hydrogen-bond acceptors (Lipinski definition) is 2. The zero-order valence-corrected chi connectivity index (χ0v) is 8.17. The highest BCUT2D eigenvalue weighted by atomic mass is 16.3. The Morgan fingerprint density at radius 3 is 2.17 bits per heavy atom. The van der Waals surface area contributed by atoms with Crippen molar-refractivity contribution in [2.24, 2.45) is 22.5 Å². The summed E-state index contributed by atoms with van der Waals surface area (Å²) in [6.45, 7) is 6.69. The van der Waals surface area contributed by atoms with Gasteiger partial charge in [-0.05, 0) is 24.2 Å². The first-order valence-corrected chi connectivity index (χ1v) is 4.85. The molecule has 2 fully saturated rings. The van der Waals surface area contributed by atoms with Gasteiger partial charge < -0.3 is 10.8 Å². The molecule has 4 atom stereocenters. The van der Waals surface area contributed by atoms with E-state index >= 15 is 0 Å². The van der Waals surface area contributed by atoms with Gasteiger partial charge in [0, 0.05) is 11.5 Å². The van der Waals surface area contributed by atoms with Crippen LogP contribution in [0.1, 0.15) is 33.6 Å². The maximum absolute atomic E-state index is 9.96. The third-order valence-corrected chi connectivity index (χ3v) is 4.86. The lowest BCUT2D eigenvalue weighted by Crippen LogP contribution is -2.43. The predicted molar refractivity (Wildman–Crippen MR) is 48.6 cm³/mol. The molecule has 2 nitrogen and oxygen atoms in total. The Morgan fingerprint density at radius 1 is 1.33 bits per heavy atom. The molecule has 0 amide bonds. The first-order chi connectivity index (χ1) is 5.41. The lowest BCUT2D eigenvalue weighted by molar-refractivity contribution is 0.00582. The molecule has 0 saturated heterocycles. The Morgan fingerprint density at radius 2 is 1.92 bits per heavy atom. The van der Waals surface area contributed by atoms with Crippen molar-refractivity contribution in [1.29, 1.82) is 0 Å². The standard InChI is InChI=1S/C10H19NO/c1-9(2)6-4-5-10(9,3)8(12)7(6)11/h6-8,12H,4-5,11H2,1-3H3/t6?,7?,8?,10-/m1/s1. The molecule has 70 valence electrons. The molecule has 0 spiro atoms. The SMILES string of the molecule is CC1(C)C2CC[C@]1(C)C(O)C2N. The van der Waals surface area contributed by atoms with E-state index in [1.54, 1.807) is 0 Å². The number of hydrogen-bond donors (Lipinski definition) is 2. The zero-order valence-electron chi connectivity index (χ0n) is 8.17. The van der Waals surface area contributed by atoms with E-state index in [1.165, 1.54) is 6.42 Å². The van der Waals surface area contributed by atoms with Crippen LogP contribution in [0.15, 0.2) is 0 Å². The van der Waals surface area contributed by atoms with Gasteiger partial charge in [-0.1, -0.05) is 20.8 Å². The monoisotopic (exact) mass is 169 g/mol. The molecule has 2 heteroatoms. The summed E-state index contributed by atoms with van der Waals surface area (Å²) < 4.78 is 0. The van der Waals surface area contributed by atoms with Crippen molar-refractivity contribution >= 4 is 0 Å². The topological polar surface area (TPSA) is 46.2 Å². The predicted octanol–water partition coefficient (Wildman–Crippen LogP) is 1.13. The largest absolute Gasteiger partial charge is 0.391 e. The van der Waals surface area contributed by atoms with Gasteiger partial charge in [-0.3, -0.25) is 0 Å². The van der Waals surface area contributed by atoms with Crippen molar-refractivity contribution in [3.8, 4) is 0 Å². The summed E-state index contributed by atoms with van der Waals surface area (Å²) in [4.78, 5) is 0. The number of rotatable bonds is 0. The number of aliphatic hydroxyl groups excluding tert-OH is 1. The number of aliphatic hydroxyl groups is 1. The summed E-state index contributed by atoms with van der Waals surface area (Å²) in [6, 6.07) is 0.0127. The van der Waals surface area contributed by atoms with E-state index in [4.69, 9.17) is 5.73 Å². The molecule has 0 radical (unpaired) electrons. The molecule has 0 aromatic rings. The van der Waals surface area contributed by atoms with Crippen molar-refractivity contribution in [2.75, 3.05) is 0 Å². The van der Waals surface area contributed by atoms with Crippen LogP contribution in [0.2, 0.25) is 0 Å². The fourth-order valence-electron chi connectivity index (χ4n) is 3.41. The maximum Gasteiger partial charge on any atom is 0.0752 e. The third kappa shape index (κ3) is 0.647. The van der Waals surface area contributed by atoms with Crippen molar-refractivity contribution < 1.29 is 5.11 Å². The van der Waals surface area contributed by atoms with E-state index in [2.05, 4.69) is 20.8 Å². The van der Waals surface area contributed by atoms with Gasteiger partial charge in [-0.25, -0.2) is 0 Å². The molecular weight excluding hydrogens is 150 g/mol. The van der Waals surface area contributed by atoms with E-state index in [1.807, 2.05) is 0 Å². The second kappa shape index (κ2) is 2.05. The fourth-order valence-corrected chi connectivity index (χ4v) is 3.41. The Bertz CT molecular complexity index is 214. The first-order valence-electron chi connectivity index (χ1n) is 4.85. The maximum atomic E-state index is 9.96.